The Morgan fingerprint density at radius 2 is 2.04 bits per heavy atom. The summed E-state index contributed by atoms with van der Waals surface area (Å²) in [4.78, 5) is 27.5. The average Bonchev–Trinajstić information content (AvgIpc) is 3.22. The molecular formula is C16H22F2N4O2. The molecule has 0 unspecified atom stereocenters. The van der Waals surface area contributed by atoms with Crippen molar-refractivity contribution >= 4 is 11.8 Å². The van der Waals surface area contributed by atoms with Gasteiger partial charge in [0.15, 0.2) is 5.69 Å². The van der Waals surface area contributed by atoms with Crippen molar-refractivity contribution in [3.63, 3.8) is 0 Å². The number of carbonyl (C=O) groups is 2. The van der Waals surface area contributed by atoms with E-state index in [0.717, 1.165) is 45.0 Å². The highest BCUT2D eigenvalue weighted by molar-refractivity contribution is 5.92. The summed E-state index contributed by atoms with van der Waals surface area (Å²) in [6.07, 6.45) is 5.47. The number of alkyl halides is 2. The standard InChI is InChI=1S/C16H22F2N4O2/c17-16(18)22-11-6-13(19-22)15(24)21-9-4-12(5-10-21)3-8-20-7-1-2-14(20)23/h6,11-12,16H,1-5,7-10H2. The molecule has 1 aromatic heterocycles. The first kappa shape index (κ1) is 16.9. The highest BCUT2D eigenvalue weighted by Crippen LogP contribution is 2.23. The average molecular weight is 340 g/mol. The van der Waals surface area contributed by atoms with Gasteiger partial charge in [-0.05, 0) is 37.7 Å². The van der Waals surface area contributed by atoms with Crippen LogP contribution in [0.1, 0.15) is 49.1 Å². The number of hydrogen-bond donors (Lipinski definition) is 0. The third kappa shape index (κ3) is 3.73. The van der Waals surface area contributed by atoms with Crippen molar-refractivity contribution in [2.24, 2.45) is 5.92 Å². The number of carbonyl (C=O) groups excluding carboxylic acids is 2. The van der Waals surface area contributed by atoms with Gasteiger partial charge in [-0.1, -0.05) is 0 Å². The van der Waals surface area contributed by atoms with Crippen LogP contribution in [-0.2, 0) is 4.79 Å². The molecule has 8 heteroatoms. The molecule has 0 spiro atoms. The number of rotatable bonds is 5. The van der Waals surface area contributed by atoms with Crippen molar-refractivity contribution in [3.8, 4) is 0 Å². The van der Waals surface area contributed by atoms with E-state index in [0.29, 0.717) is 30.1 Å². The van der Waals surface area contributed by atoms with Gasteiger partial charge in [-0.15, -0.1) is 0 Å². The molecule has 0 saturated carbocycles. The molecule has 3 heterocycles. The molecule has 2 aliphatic heterocycles. The number of amides is 2. The molecule has 1 aromatic rings. The van der Waals surface area contributed by atoms with Crippen LogP contribution in [0.3, 0.4) is 0 Å². The lowest BCUT2D eigenvalue weighted by atomic mass is 9.93. The summed E-state index contributed by atoms with van der Waals surface area (Å²) in [5, 5.41) is 3.63. The van der Waals surface area contributed by atoms with E-state index in [-0.39, 0.29) is 17.5 Å². The van der Waals surface area contributed by atoms with Gasteiger partial charge in [0.2, 0.25) is 5.91 Å². The number of nitrogens with zero attached hydrogens (tertiary/aromatic N) is 4. The Balaban J connectivity index is 1.45. The van der Waals surface area contributed by atoms with E-state index in [4.69, 9.17) is 0 Å². The highest BCUT2D eigenvalue weighted by Gasteiger charge is 2.27. The first-order valence-corrected chi connectivity index (χ1v) is 8.45. The number of aromatic nitrogens is 2. The van der Waals surface area contributed by atoms with Gasteiger partial charge in [0.1, 0.15) is 0 Å². The maximum atomic E-state index is 12.5. The summed E-state index contributed by atoms with van der Waals surface area (Å²) in [6.45, 7) is 0.155. The van der Waals surface area contributed by atoms with E-state index in [9.17, 15) is 18.4 Å². The number of piperidine rings is 1. The minimum Gasteiger partial charge on any atom is -0.343 e. The van der Waals surface area contributed by atoms with Gasteiger partial charge in [0.05, 0.1) is 0 Å². The van der Waals surface area contributed by atoms with Gasteiger partial charge >= 0.3 is 6.55 Å². The largest absolute Gasteiger partial charge is 0.343 e. The Morgan fingerprint density at radius 1 is 1.29 bits per heavy atom. The summed E-state index contributed by atoms with van der Waals surface area (Å²) in [5.74, 6) is 0.459. The summed E-state index contributed by atoms with van der Waals surface area (Å²) >= 11 is 0. The molecule has 0 N–H and O–H groups in total. The Hall–Kier alpha value is -1.99. The zero-order valence-corrected chi connectivity index (χ0v) is 13.5. The Labute approximate surface area is 139 Å². The second kappa shape index (κ2) is 7.27. The van der Waals surface area contributed by atoms with Crippen molar-refractivity contribution in [1.82, 2.24) is 19.6 Å². The Kier molecular flexibility index (Phi) is 5.11. The van der Waals surface area contributed by atoms with Crippen LogP contribution < -0.4 is 0 Å². The number of halogens is 2. The van der Waals surface area contributed by atoms with Crippen LogP contribution in [0.15, 0.2) is 12.3 Å². The van der Waals surface area contributed by atoms with Crippen LogP contribution in [0.4, 0.5) is 8.78 Å². The van der Waals surface area contributed by atoms with E-state index >= 15 is 0 Å². The van der Waals surface area contributed by atoms with Gasteiger partial charge in [0.25, 0.3) is 5.91 Å². The molecule has 0 atom stereocenters. The number of likely N-dealkylation sites (tertiary alicyclic amines) is 2. The smallest absolute Gasteiger partial charge is 0.333 e. The third-order valence-corrected chi connectivity index (χ3v) is 4.91. The van der Waals surface area contributed by atoms with Crippen molar-refractivity contribution in [3.05, 3.63) is 18.0 Å². The first-order valence-electron chi connectivity index (χ1n) is 8.45. The van der Waals surface area contributed by atoms with Crippen LogP contribution in [0, 0.1) is 5.92 Å². The minimum absolute atomic E-state index is 0.0661. The summed E-state index contributed by atoms with van der Waals surface area (Å²) in [6, 6.07) is 1.33. The van der Waals surface area contributed by atoms with Gasteiger partial charge in [0, 0.05) is 38.8 Å². The fourth-order valence-corrected chi connectivity index (χ4v) is 3.43. The molecule has 24 heavy (non-hydrogen) atoms. The molecule has 0 bridgehead atoms. The SMILES string of the molecule is O=C1CCCN1CCC1CCN(C(=O)c2ccn(C(F)F)n2)CC1. The first-order chi connectivity index (χ1) is 11.5. The zero-order valence-electron chi connectivity index (χ0n) is 13.5. The molecular weight excluding hydrogens is 318 g/mol. The quantitative estimate of drug-likeness (QED) is 0.825. The predicted molar refractivity (Wildman–Crippen MR) is 82.5 cm³/mol. The molecule has 2 amide bonds. The molecule has 0 radical (unpaired) electrons. The molecule has 6 nitrogen and oxygen atoms in total. The second-order valence-corrected chi connectivity index (χ2v) is 6.47. The van der Waals surface area contributed by atoms with Gasteiger partial charge in [-0.3, -0.25) is 9.59 Å². The van der Waals surface area contributed by atoms with Gasteiger partial charge in [-0.2, -0.15) is 13.9 Å². The van der Waals surface area contributed by atoms with Crippen molar-refractivity contribution in [1.29, 1.82) is 0 Å². The normalized spacial score (nSPS) is 19.5. The van der Waals surface area contributed by atoms with E-state index in [1.807, 2.05) is 4.90 Å². The summed E-state index contributed by atoms with van der Waals surface area (Å²) < 4.78 is 25.5. The molecule has 3 rings (SSSR count). The van der Waals surface area contributed by atoms with Crippen LogP contribution >= 0.6 is 0 Å². The van der Waals surface area contributed by atoms with E-state index in [1.165, 1.54) is 6.07 Å². The number of hydrogen-bond acceptors (Lipinski definition) is 3. The van der Waals surface area contributed by atoms with Gasteiger partial charge < -0.3 is 9.80 Å². The van der Waals surface area contributed by atoms with Gasteiger partial charge in [-0.25, -0.2) is 4.68 Å². The van der Waals surface area contributed by atoms with Crippen LogP contribution in [0.5, 0.6) is 0 Å². The van der Waals surface area contributed by atoms with E-state index in [1.54, 1.807) is 4.90 Å². The highest BCUT2D eigenvalue weighted by atomic mass is 19.3. The zero-order chi connectivity index (χ0) is 17.1. The van der Waals surface area contributed by atoms with Crippen LogP contribution in [0.25, 0.3) is 0 Å². The van der Waals surface area contributed by atoms with Crippen molar-refractivity contribution < 1.29 is 18.4 Å². The minimum atomic E-state index is -2.73. The van der Waals surface area contributed by atoms with Crippen LogP contribution in [-0.4, -0.2) is 57.6 Å². The Bertz CT molecular complexity index is 597. The molecule has 2 saturated heterocycles. The van der Waals surface area contributed by atoms with Crippen molar-refractivity contribution in [2.75, 3.05) is 26.2 Å². The van der Waals surface area contributed by atoms with Crippen molar-refractivity contribution in [2.45, 2.75) is 38.7 Å². The second-order valence-electron chi connectivity index (χ2n) is 6.47. The summed E-state index contributed by atoms with van der Waals surface area (Å²) in [5.41, 5.74) is 0.0661. The predicted octanol–water partition coefficient (Wildman–Crippen LogP) is 2.14. The fourth-order valence-electron chi connectivity index (χ4n) is 3.43. The maximum absolute atomic E-state index is 12.5. The Morgan fingerprint density at radius 3 is 2.62 bits per heavy atom. The molecule has 0 aliphatic carbocycles. The lowest BCUT2D eigenvalue weighted by Crippen LogP contribution is -2.39. The molecule has 2 aliphatic rings. The monoisotopic (exact) mass is 340 g/mol. The maximum Gasteiger partial charge on any atom is 0.333 e. The van der Waals surface area contributed by atoms with E-state index < -0.39 is 6.55 Å². The topological polar surface area (TPSA) is 58.4 Å². The molecule has 0 aromatic carbocycles. The van der Waals surface area contributed by atoms with E-state index in [2.05, 4.69) is 5.10 Å². The van der Waals surface area contributed by atoms with Crippen LogP contribution in [0.2, 0.25) is 0 Å². The lowest BCUT2D eigenvalue weighted by molar-refractivity contribution is -0.127. The summed E-state index contributed by atoms with van der Waals surface area (Å²) in [7, 11) is 0. The molecule has 132 valence electrons. The third-order valence-electron chi connectivity index (χ3n) is 4.91. The lowest BCUT2D eigenvalue weighted by Gasteiger charge is -2.32. The fraction of sp³-hybridized carbons (Fsp3) is 0.688. The molecule has 2 fully saturated rings.